The van der Waals surface area contributed by atoms with E-state index in [-0.39, 0.29) is 25.7 Å². The van der Waals surface area contributed by atoms with Crippen LogP contribution in [0.2, 0.25) is 0 Å². The Morgan fingerprint density at radius 3 is 1.97 bits per heavy atom. The summed E-state index contributed by atoms with van der Waals surface area (Å²) in [5.41, 5.74) is 0. The number of phosphoric ester groups is 1. The Morgan fingerprint density at radius 2 is 1.45 bits per heavy atom. The highest BCUT2D eigenvalue weighted by atomic mass is 31.2. The minimum absolute atomic E-state index is 0.00737. The first kappa shape index (κ1) is 30.3. The molecule has 0 aromatic rings. The van der Waals surface area contributed by atoms with Crippen LogP contribution in [0.3, 0.4) is 0 Å². The van der Waals surface area contributed by atoms with Crippen LogP contribution in [0.1, 0.15) is 77.6 Å². The van der Waals surface area contributed by atoms with Crippen molar-refractivity contribution in [3.05, 3.63) is 0 Å². The van der Waals surface area contributed by atoms with E-state index in [4.69, 9.17) is 13.8 Å². The number of likely N-dealkylation sites (N-methyl/N-ethyl adjacent to an activating group) is 1. The zero-order valence-electron chi connectivity index (χ0n) is 20.5. The quantitative estimate of drug-likeness (QED) is 0.109. The highest BCUT2D eigenvalue weighted by Gasteiger charge is 2.25. The molecule has 0 aliphatic carbocycles. The van der Waals surface area contributed by atoms with Gasteiger partial charge in [0.25, 0.3) is 0 Å². The number of unbranched alkanes of at least 4 members (excludes halogenated alkanes) is 9. The number of quaternary nitrogens is 1. The van der Waals surface area contributed by atoms with Gasteiger partial charge in [-0.15, -0.1) is 0 Å². The third-order valence-electron chi connectivity index (χ3n) is 5.06. The van der Waals surface area contributed by atoms with E-state index in [2.05, 4.69) is 11.7 Å². The zero-order valence-corrected chi connectivity index (χ0v) is 21.4. The van der Waals surface area contributed by atoms with Crippen LogP contribution in [0.25, 0.3) is 0 Å². The third kappa shape index (κ3) is 21.0. The summed E-state index contributed by atoms with van der Waals surface area (Å²) in [6.07, 6.45) is 12.3. The summed E-state index contributed by atoms with van der Waals surface area (Å²) in [4.78, 5) is 21.2. The number of hydrogen-bond acceptors (Lipinski definition) is 6. The number of hydrogen-bond donors (Lipinski definition) is 1. The molecule has 2 unspecified atom stereocenters. The fourth-order valence-electron chi connectivity index (χ4n) is 3.05. The highest BCUT2D eigenvalue weighted by Crippen LogP contribution is 2.43. The van der Waals surface area contributed by atoms with E-state index < -0.39 is 14.0 Å². The molecule has 186 valence electrons. The highest BCUT2D eigenvalue weighted by molar-refractivity contribution is 7.47. The predicted molar refractivity (Wildman–Crippen MR) is 123 cm³/mol. The van der Waals surface area contributed by atoms with Crippen molar-refractivity contribution in [3.8, 4) is 0 Å². The van der Waals surface area contributed by atoms with E-state index >= 15 is 0 Å². The molecule has 0 aliphatic rings. The molecule has 2 atom stereocenters. The maximum Gasteiger partial charge on any atom is 0.507 e. The van der Waals surface area contributed by atoms with E-state index in [1.54, 1.807) is 0 Å². The molecule has 31 heavy (non-hydrogen) atoms. The molecule has 0 aromatic carbocycles. The van der Waals surface area contributed by atoms with Crippen molar-refractivity contribution in [2.45, 2.75) is 77.6 Å². The number of phosphoric acid groups is 1. The Balaban J connectivity index is 4.19. The minimum atomic E-state index is -4.13. The van der Waals surface area contributed by atoms with Crippen molar-refractivity contribution in [1.29, 1.82) is 0 Å². The lowest BCUT2D eigenvalue weighted by Gasteiger charge is -2.24. The molecule has 1 N–H and O–H groups in total. The van der Waals surface area contributed by atoms with Gasteiger partial charge in [-0.05, 0) is 6.42 Å². The van der Waals surface area contributed by atoms with Crippen molar-refractivity contribution in [2.75, 3.05) is 54.6 Å². The summed E-state index contributed by atoms with van der Waals surface area (Å²) in [6.45, 7) is 3.02. The molecule has 0 spiro atoms. The summed E-state index contributed by atoms with van der Waals surface area (Å²) in [5, 5.41) is 0. The van der Waals surface area contributed by atoms with E-state index in [0.717, 1.165) is 19.3 Å². The molecule has 8 nitrogen and oxygen atoms in total. The molecular formula is C22H47NO7P+. The molecule has 0 heterocycles. The van der Waals surface area contributed by atoms with Crippen molar-refractivity contribution in [1.82, 2.24) is 0 Å². The van der Waals surface area contributed by atoms with Crippen molar-refractivity contribution in [2.24, 2.45) is 5.92 Å². The second-order valence-electron chi connectivity index (χ2n) is 9.21. The maximum atomic E-state index is 12.1. The van der Waals surface area contributed by atoms with Gasteiger partial charge >= 0.3 is 14.0 Å². The maximum absolute atomic E-state index is 12.1. The summed E-state index contributed by atoms with van der Waals surface area (Å²) in [5.74, 6) is -0.185. The molecule has 0 saturated carbocycles. The average Bonchev–Trinajstić information content (AvgIpc) is 2.69. The Labute approximate surface area is 189 Å². The molecule has 0 rings (SSSR count). The lowest BCUT2D eigenvalue weighted by atomic mass is 10.0. The van der Waals surface area contributed by atoms with Gasteiger partial charge in [-0.1, -0.05) is 71.1 Å². The average molecular weight is 469 g/mol. The fraction of sp³-hybridized carbons (Fsp3) is 0.955. The Kier molecular flexibility index (Phi) is 17.5. The molecule has 0 fully saturated rings. The predicted octanol–water partition coefficient (Wildman–Crippen LogP) is 5.54. The van der Waals surface area contributed by atoms with Gasteiger partial charge in [-0.3, -0.25) is 9.05 Å². The summed E-state index contributed by atoms with van der Waals surface area (Å²) in [7, 11) is 3.03. The Bertz CT molecular complexity index is 497. The third-order valence-corrected chi connectivity index (χ3v) is 6.04. The molecule has 0 bridgehead atoms. The van der Waals surface area contributed by atoms with Gasteiger partial charge in [0.15, 0.2) is 0 Å². The minimum Gasteiger partial charge on any atom is -0.438 e. The first-order chi connectivity index (χ1) is 14.6. The number of ether oxygens (including phenoxy) is 2. The second-order valence-corrected chi connectivity index (χ2v) is 10.7. The van der Waals surface area contributed by atoms with Gasteiger partial charge < -0.3 is 18.9 Å². The lowest BCUT2D eigenvalue weighted by molar-refractivity contribution is -0.870. The van der Waals surface area contributed by atoms with Gasteiger partial charge in [-0.2, -0.15) is 0 Å². The van der Waals surface area contributed by atoms with Crippen molar-refractivity contribution < 1.29 is 37.3 Å². The van der Waals surface area contributed by atoms with E-state index in [9.17, 15) is 14.3 Å². The molecule has 0 radical (unpaired) electrons. The zero-order chi connectivity index (χ0) is 23.6. The number of methoxy groups -OCH3 is 1. The SMILES string of the molecule is CCCCCCCCCCCCC(COC(=O)OC)COP(=O)(O)OCC[N+](C)(C)C. The molecule has 0 aliphatic heterocycles. The van der Waals surface area contributed by atoms with Crippen LogP contribution in [0.5, 0.6) is 0 Å². The van der Waals surface area contributed by atoms with Gasteiger partial charge in [0.2, 0.25) is 0 Å². The smallest absolute Gasteiger partial charge is 0.438 e. The number of rotatable bonds is 20. The number of nitrogens with zero attached hydrogens (tertiary/aromatic N) is 1. The van der Waals surface area contributed by atoms with Crippen LogP contribution in [-0.4, -0.2) is 70.2 Å². The van der Waals surface area contributed by atoms with Crippen LogP contribution >= 0.6 is 7.82 Å². The Morgan fingerprint density at radius 1 is 0.903 bits per heavy atom. The van der Waals surface area contributed by atoms with Crippen LogP contribution in [0.15, 0.2) is 0 Å². The van der Waals surface area contributed by atoms with Crippen LogP contribution in [0.4, 0.5) is 4.79 Å². The monoisotopic (exact) mass is 468 g/mol. The first-order valence-corrected chi connectivity index (χ1v) is 13.2. The Hall–Kier alpha value is -0.660. The van der Waals surface area contributed by atoms with Crippen LogP contribution in [-0.2, 0) is 23.1 Å². The standard InChI is InChI=1S/C22H46NO7P/c1-6-7-8-9-10-11-12-13-14-15-16-21(19-28-22(24)27-5)20-30-31(25,26)29-18-17-23(2,3)4/h21H,6-20H2,1-5H3/p+1. The van der Waals surface area contributed by atoms with Gasteiger partial charge in [0.05, 0.1) is 41.5 Å². The van der Waals surface area contributed by atoms with Crippen molar-refractivity contribution >= 4 is 14.0 Å². The first-order valence-electron chi connectivity index (χ1n) is 11.7. The largest absolute Gasteiger partial charge is 0.507 e. The fourth-order valence-corrected chi connectivity index (χ4v) is 3.83. The molecule has 0 amide bonds. The molecule has 9 heteroatoms. The van der Waals surface area contributed by atoms with Crippen LogP contribution in [0, 0.1) is 5.92 Å². The van der Waals surface area contributed by atoms with Gasteiger partial charge in [0.1, 0.15) is 13.2 Å². The van der Waals surface area contributed by atoms with E-state index in [1.165, 1.54) is 58.5 Å². The second kappa shape index (κ2) is 17.8. The van der Waals surface area contributed by atoms with Crippen molar-refractivity contribution in [3.63, 3.8) is 0 Å². The number of carbonyl (C=O) groups excluding carboxylic acids is 1. The normalized spacial score (nSPS) is 14.8. The summed E-state index contributed by atoms with van der Waals surface area (Å²) >= 11 is 0. The van der Waals surface area contributed by atoms with Gasteiger partial charge in [-0.25, -0.2) is 9.36 Å². The van der Waals surface area contributed by atoms with Gasteiger partial charge in [0, 0.05) is 5.92 Å². The lowest BCUT2D eigenvalue weighted by Crippen LogP contribution is -2.37. The molecule has 0 saturated heterocycles. The van der Waals surface area contributed by atoms with E-state index in [1.807, 2.05) is 21.1 Å². The van der Waals surface area contributed by atoms with E-state index in [0.29, 0.717) is 11.0 Å². The molecule has 0 aromatic heterocycles. The molecular weight excluding hydrogens is 421 g/mol. The summed E-state index contributed by atoms with van der Waals surface area (Å²) < 4.78 is 32.5. The summed E-state index contributed by atoms with van der Waals surface area (Å²) in [6, 6.07) is 0. The number of carbonyl (C=O) groups is 1. The topological polar surface area (TPSA) is 91.3 Å². The van der Waals surface area contributed by atoms with Crippen LogP contribution < -0.4 is 0 Å².